The van der Waals surface area contributed by atoms with E-state index < -0.39 is 0 Å². The van der Waals surface area contributed by atoms with Gasteiger partial charge in [-0.05, 0) is 25.6 Å². The average molecular weight is 256 g/mol. The van der Waals surface area contributed by atoms with Gasteiger partial charge >= 0.3 is 0 Å². The van der Waals surface area contributed by atoms with E-state index in [0.29, 0.717) is 4.90 Å². The number of carbonyl (C=O) groups is 1. The lowest BCUT2D eigenvalue weighted by molar-refractivity contribution is -0.118. The third-order valence-corrected chi connectivity index (χ3v) is 3.65. The molecule has 0 saturated carbocycles. The van der Waals surface area contributed by atoms with Gasteiger partial charge in [0.1, 0.15) is 5.82 Å². The molecule has 17 heavy (non-hydrogen) atoms. The van der Waals surface area contributed by atoms with Crippen molar-refractivity contribution >= 4 is 17.7 Å². The molecule has 0 aromatic heterocycles. The van der Waals surface area contributed by atoms with E-state index in [9.17, 15) is 9.18 Å². The Balaban J connectivity index is 2.91. The molecular weight excluding hydrogens is 239 g/mol. The molecule has 0 bridgehead atoms. The van der Waals surface area contributed by atoms with E-state index in [1.165, 1.54) is 17.8 Å². The topological polar surface area (TPSA) is 41.1 Å². The lowest BCUT2D eigenvalue weighted by Crippen LogP contribution is -2.20. The third-order valence-electron chi connectivity index (χ3n) is 2.52. The highest BCUT2D eigenvalue weighted by Gasteiger charge is 2.14. The maximum Gasteiger partial charge on any atom is 0.230 e. The fourth-order valence-corrected chi connectivity index (χ4v) is 2.42. The van der Waals surface area contributed by atoms with Gasteiger partial charge in [-0.1, -0.05) is 12.1 Å². The molecule has 1 rings (SSSR count). The van der Waals surface area contributed by atoms with Gasteiger partial charge in [0.15, 0.2) is 0 Å². The summed E-state index contributed by atoms with van der Waals surface area (Å²) in [6.45, 7) is 1.96. The molecular formula is C12H17FN2OS. The molecule has 2 N–H and O–H groups in total. The van der Waals surface area contributed by atoms with E-state index in [0.717, 1.165) is 5.56 Å². The number of hydrogen-bond donors (Lipinski definition) is 2. The summed E-state index contributed by atoms with van der Waals surface area (Å²) in [5.74, 6) is -0.166. The molecule has 0 radical (unpaired) electrons. The molecule has 0 fully saturated rings. The molecule has 0 aliphatic rings. The summed E-state index contributed by atoms with van der Waals surface area (Å²) in [6, 6.07) is 5.02. The van der Waals surface area contributed by atoms with Gasteiger partial charge in [-0.2, -0.15) is 0 Å². The molecule has 0 saturated heterocycles. The van der Waals surface area contributed by atoms with Crippen molar-refractivity contribution in [3.05, 3.63) is 29.6 Å². The van der Waals surface area contributed by atoms with Crippen LogP contribution in [0.25, 0.3) is 0 Å². The first-order valence-electron chi connectivity index (χ1n) is 5.39. The van der Waals surface area contributed by atoms with Crippen LogP contribution < -0.4 is 10.6 Å². The highest BCUT2D eigenvalue weighted by atomic mass is 32.2. The smallest absolute Gasteiger partial charge is 0.230 e. The second-order valence-electron chi connectivity index (χ2n) is 3.63. The van der Waals surface area contributed by atoms with Crippen molar-refractivity contribution in [2.75, 3.05) is 19.8 Å². The summed E-state index contributed by atoms with van der Waals surface area (Å²) in [7, 11) is 3.39. The average Bonchev–Trinajstić information content (AvgIpc) is 2.35. The van der Waals surface area contributed by atoms with E-state index >= 15 is 0 Å². The molecule has 0 aliphatic carbocycles. The van der Waals surface area contributed by atoms with Gasteiger partial charge in [-0.25, -0.2) is 4.39 Å². The molecule has 0 spiro atoms. The second-order valence-corrected chi connectivity index (χ2v) is 4.62. The van der Waals surface area contributed by atoms with Crippen molar-refractivity contribution < 1.29 is 9.18 Å². The van der Waals surface area contributed by atoms with Crippen LogP contribution in [0.4, 0.5) is 4.39 Å². The van der Waals surface area contributed by atoms with Crippen molar-refractivity contribution in [2.45, 2.75) is 17.9 Å². The Bertz CT molecular complexity index is 398. The van der Waals surface area contributed by atoms with Gasteiger partial charge in [0.25, 0.3) is 0 Å². The number of amides is 1. The van der Waals surface area contributed by atoms with Crippen molar-refractivity contribution in [3.8, 4) is 0 Å². The van der Waals surface area contributed by atoms with Crippen LogP contribution in [0.3, 0.4) is 0 Å². The molecule has 1 atom stereocenters. The van der Waals surface area contributed by atoms with Crippen LogP contribution in [-0.4, -0.2) is 25.8 Å². The number of halogens is 1. The number of benzene rings is 1. The summed E-state index contributed by atoms with van der Waals surface area (Å²) in [5.41, 5.74) is 0.876. The highest BCUT2D eigenvalue weighted by molar-refractivity contribution is 8.00. The molecule has 0 heterocycles. The van der Waals surface area contributed by atoms with Crippen molar-refractivity contribution in [2.24, 2.45) is 0 Å². The minimum atomic E-state index is -0.279. The maximum atomic E-state index is 13.7. The second kappa shape index (κ2) is 6.61. The Morgan fingerprint density at radius 1 is 1.47 bits per heavy atom. The normalized spacial score (nSPS) is 12.2. The predicted molar refractivity (Wildman–Crippen MR) is 68.7 cm³/mol. The number of nitrogens with one attached hydrogen (secondary N) is 2. The largest absolute Gasteiger partial charge is 0.358 e. The summed E-state index contributed by atoms with van der Waals surface area (Å²) in [4.78, 5) is 11.7. The van der Waals surface area contributed by atoms with Crippen molar-refractivity contribution in [3.63, 3.8) is 0 Å². The molecule has 3 nitrogen and oxygen atoms in total. The number of thioether (sulfide) groups is 1. The van der Waals surface area contributed by atoms with Crippen LogP contribution in [0.15, 0.2) is 23.1 Å². The first-order valence-corrected chi connectivity index (χ1v) is 6.37. The molecule has 5 heteroatoms. The molecule has 94 valence electrons. The summed E-state index contributed by atoms with van der Waals surface area (Å²) < 4.78 is 13.7. The van der Waals surface area contributed by atoms with Crippen LogP contribution in [-0.2, 0) is 4.79 Å². The number of rotatable bonds is 5. The van der Waals surface area contributed by atoms with Crippen LogP contribution in [0.2, 0.25) is 0 Å². The standard InChI is InChI=1S/C12H17FN2OS/c1-8(14-2)9-5-4-6-10(13)12(9)17-7-11(16)15-3/h4-6,8,14H,7H2,1-3H3,(H,15,16). The van der Waals surface area contributed by atoms with E-state index in [1.54, 1.807) is 13.1 Å². The SMILES string of the molecule is CNC(=O)CSc1c(F)cccc1C(C)NC. The molecule has 0 aliphatic heterocycles. The lowest BCUT2D eigenvalue weighted by Gasteiger charge is -2.15. The monoisotopic (exact) mass is 256 g/mol. The first-order chi connectivity index (χ1) is 8.10. The fraction of sp³-hybridized carbons (Fsp3) is 0.417. The molecule has 1 aromatic carbocycles. The Morgan fingerprint density at radius 2 is 2.18 bits per heavy atom. The summed E-state index contributed by atoms with van der Waals surface area (Å²) >= 11 is 1.22. The maximum absolute atomic E-state index is 13.7. The number of carbonyl (C=O) groups excluding carboxylic acids is 1. The first kappa shape index (κ1) is 14.0. The molecule has 1 unspecified atom stereocenters. The van der Waals surface area contributed by atoms with Gasteiger partial charge in [0.2, 0.25) is 5.91 Å². The van der Waals surface area contributed by atoms with Gasteiger partial charge in [-0.15, -0.1) is 11.8 Å². The quantitative estimate of drug-likeness (QED) is 0.791. The van der Waals surface area contributed by atoms with Gasteiger partial charge in [-0.3, -0.25) is 4.79 Å². The van der Waals surface area contributed by atoms with Crippen LogP contribution in [0.5, 0.6) is 0 Å². The van der Waals surface area contributed by atoms with Crippen LogP contribution in [0, 0.1) is 5.82 Å². The Kier molecular flexibility index (Phi) is 5.44. The fourth-order valence-electron chi connectivity index (χ4n) is 1.38. The summed E-state index contributed by atoms with van der Waals surface area (Å²) in [6.07, 6.45) is 0. The van der Waals surface area contributed by atoms with E-state index in [-0.39, 0.29) is 23.5 Å². The van der Waals surface area contributed by atoms with Crippen LogP contribution >= 0.6 is 11.8 Å². The zero-order valence-corrected chi connectivity index (χ0v) is 11.0. The Hall–Kier alpha value is -1.07. The Labute approximate surface area is 105 Å². The number of hydrogen-bond acceptors (Lipinski definition) is 3. The molecule has 1 aromatic rings. The zero-order valence-electron chi connectivity index (χ0n) is 10.2. The van der Waals surface area contributed by atoms with Crippen molar-refractivity contribution in [1.82, 2.24) is 10.6 Å². The highest BCUT2D eigenvalue weighted by Crippen LogP contribution is 2.29. The van der Waals surface area contributed by atoms with Gasteiger partial charge in [0.05, 0.1) is 5.75 Å². The molecule has 1 amide bonds. The predicted octanol–water partition coefficient (Wildman–Crippen LogP) is 1.94. The lowest BCUT2D eigenvalue weighted by atomic mass is 10.1. The van der Waals surface area contributed by atoms with E-state index in [4.69, 9.17) is 0 Å². The zero-order chi connectivity index (χ0) is 12.8. The van der Waals surface area contributed by atoms with E-state index in [2.05, 4.69) is 10.6 Å². The minimum Gasteiger partial charge on any atom is -0.358 e. The van der Waals surface area contributed by atoms with Crippen LogP contribution in [0.1, 0.15) is 18.5 Å². The summed E-state index contributed by atoms with van der Waals surface area (Å²) in [5, 5.41) is 5.59. The third kappa shape index (κ3) is 3.71. The van der Waals surface area contributed by atoms with E-state index in [1.807, 2.05) is 20.0 Å². The van der Waals surface area contributed by atoms with Crippen molar-refractivity contribution in [1.29, 1.82) is 0 Å². The van der Waals surface area contributed by atoms with Gasteiger partial charge in [0, 0.05) is 18.0 Å². The van der Waals surface area contributed by atoms with Gasteiger partial charge < -0.3 is 10.6 Å². The Morgan fingerprint density at radius 3 is 2.76 bits per heavy atom. The minimum absolute atomic E-state index is 0.0536.